The van der Waals surface area contributed by atoms with E-state index in [4.69, 9.17) is 5.73 Å². The molecule has 1 aromatic rings. The first kappa shape index (κ1) is 13.7. The van der Waals surface area contributed by atoms with E-state index in [-0.39, 0.29) is 0 Å². The number of aromatic nitrogens is 1. The van der Waals surface area contributed by atoms with Crippen LogP contribution in [0.25, 0.3) is 0 Å². The van der Waals surface area contributed by atoms with Crippen LogP contribution in [0.3, 0.4) is 0 Å². The minimum absolute atomic E-state index is 0.415. The first-order valence-electron chi connectivity index (χ1n) is 6.00. The Balaban J connectivity index is 3.05. The molecule has 1 aromatic heterocycles. The molecule has 0 aromatic carbocycles. The maximum atomic E-state index is 5.73. The van der Waals surface area contributed by atoms with Crippen molar-refractivity contribution >= 4 is 5.82 Å². The van der Waals surface area contributed by atoms with Crippen LogP contribution < -0.4 is 10.6 Å². The van der Waals surface area contributed by atoms with E-state index in [0.29, 0.717) is 12.5 Å². The number of likely N-dealkylation sites (N-methyl/N-ethyl adjacent to an activating group) is 1. The summed E-state index contributed by atoms with van der Waals surface area (Å²) in [5.74, 6) is 1.39. The summed E-state index contributed by atoms with van der Waals surface area (Å²) in [5.41, 5.74) is 9.07. The van der Waals surface area contributed by atoms with Gasteiger partial charge in [0, 0.05) is 25.8 Å². The zero-order valence-electron chi connectivity index (χ0n) is 11.3. The molecular formula is C14H23N3. The fourth-order valence-electron chi connectivity index (χ4n) is 1.69. The van der Waals surface area contributed by atoms with Gasteiger partial charge in [0.1, 0.15) is 5.82 Å². The topological polar surface area (TPSA) is 42.1 Å². The molecule has 1 heterocycles. The zero-order valence-corrected chi connectivity index (χ0v) is 11.3. The Labute approximate surface area is 104 Å². The molecule has 0 aliphatic carbocycles. The van der Waals surface area contributed by atoms with Gasteiger partial charge >= 0.3 is 0 Å². The Morgan fingerprint density at radius 3 is 2.59 bits per heavy atom. The first-order valence-corrected chi connectivity index (χ1v) is 6.00. The Morgan fingerprint density at radius 2 is 2.12 bits per heavy atom. The molecule has 0 spiro atoms. The summed E-state index contributed by atoms with van der Waals surface area (Å²) in [6.45, 7) is 11.6. The van der Waals surface area contributed by atoms with Crippen molar-refractivity contribution in [3.05, 3.63) is 35.5 Å². The second-order valence-corrected chi connectivity index (χ2v) is 4.93. The molecule has 0 amide bonds. The van der Waals surface area contributed by atoms with Gasteiger partial charge in [-0.05, 0) is 30.5 Å². The Kier molecular flexibility index (Phi) is 4.70. The van der Waals surface area contributed by atoms with Gasteiger partial charge in [-0.1, -0.05) is 26.0 Å². The predicted octanol–water partition coefficient (Wildman–Crippen LogP) is 2.68. The van der Waals surface area contributed by atoms with E-state index in [1.165, 1.54) is 0 Å². The molecule has 94 valence electrons. The Bertz CT molecular complexity index is 396. The first-order chi connectivity index (χ1) is 7.93. The average Bonchev–Trinajstić information content (AvgIpc) is 2.27. The van der Waals surface area contributed by atoms with Crippen LogP contribution in [-0.4, -0.2) is 18.6 Å². The van der Waals surface area contributed by atoms with Gasteiger partial charge in [0.15, 0.2) is 0 Å². The third-order valence-electron chi connectivity index (χ3n) is 2.62. The molecule has 0 saturated heterocycles. The SMILES string of the molecule is C=C(C)CN(C)c1cc(CN)cc(C(C)C)n1. The lowest BCUT2D eigenvalue weighted by molar-refractivity contribution is 0.806. The van der Waals surface area contributed by atoms with Crippen LogP contribution in [-0.2, 0) is 6.54 Å². The smallest absolute Gasteiger partial charge is 0.129 e. The molecule has 0 saturated carbocycles. The molecule has 0 aliphatic heterocycles. The van der Waals surface area contributed by atoms with Crippen molar-refractivity contribution in [3.63, 3.8) is 0 Å². The van der Waals surface area contributed by atoms with Gasteiger partial charge in [0.25, 0.3) is 0 Å². The highest BCUT2D eigenvalue weighted by molar-refractivity contribution is 5.43. The quantitative estimate of drug-likeness (QED) is 0.795. The van der Waals surface area contributed by atoms with Crippen LogP contribution in [0.2, 0.25) is 0 Å². The summed E-state index contributed by atoms with van der Waals surface area (Å²) >= 11 is 0. The number of nitrogens with zero attached hydrogens (tertiary/aromatic N) is 2. The number of anilines is 1. The molecule has 2 N–H and O–H groups in total. The van der Waals surface area contributed by atoms with E-state index in [2.05, 4.69) is 42.4 Å². The predicted molar refractivity (Wildman–Crippen MR) is 74.3 cm³/mol. The van der Waals surface area contributed by atoms with E-state index >= 15 is 0 Å². The lowest BCUT2D eigenvalue weighted by Gasteiger charge is -2.20. The van der Waals surface area contributed by atoms with E-state index < -0.39 is 0 Å². The lowest BCUT2D eigenvalue weighted by atomic mass is 10.1. The highest BCUT2D eigenvalue weighted by Gasteiger charge is 2.08. The van der Waals surface area contributed by atoms with Gasteiger partial charge in [-0.3, -0.25) is 0 Å². The maximum absolute atomic E-state index is 5.73. The fourth-order valence-corrected chi connectivity index (χ4v) is 1.69. The van der Waals surface area contributed by atoms with Crippen LogP contribution in [0.5, 0.6) is 0 Å². The van der Waals surface area contributed by atoms with Crippen LogP contribution in [0, 0.1) is 0 Å². The van der Waals surface area contributed by atoms with E-state index in [9.17, 15) is 0 Å². The highest BCUT2D eigenvalue weighted by atomic mass is 15.2. The second-order valence-electron chi connectivity index (χ2n) is 4.93. The Hall–Kier alpha value is -1.35. The standard InChI is InChI=1S/C14H23N3/c1-10(2)9-17(5)14-7-12(8-15)6-13(16-14)11(3)4/h6-7,11H,1,8-9,15H2,2-5H3. The van der Waals surface area contributed by atoms with Gasteiger partial charge in [-0.2, -0.15) is 0 Å². The molecular weight excluding hydrogens is 210 g/mol. The van der Waals surface area contributed by atoms with Gasteiger partial charge < -0.3 is 10.6 Å². The van der Waals surface area contributed by atoms with Crippen molar-refractivity contribution in [2.75, 3.05) is 18.5 Å². The summed E-state index contributed by atoms with van der Waals surface area (Å²) in [5, 5.41) is 0. The second kappa shape index (κ2) is 5.82. The molecule has 0 fully saturated rings. The van der Waals surface area contributed by atoms with Gasteiger partial charge in [-0.15, -0.1) is 0 Å². The van der Waals surface area contributed by atoms with Crippen molar-refractivity contribution in [3.8, 4) is 0 Å². The largest absolute Gasteiger partial charge is 0.356 e. The van der Waals surface area contributed by atoms with E-state index in [1.54, 1.807) is 0 Å². The number of nitrogens with two attached hydrogens (primary N) is 1. The normalized spacial score (nSPS) is 10.7. The van der Waals surface area contributed by atoms with Crippen molar-refractivity contribution < 1.29 is 0 Å². The van der Waals surface area contributed by atoms with Crippen molar-refractivity contribution in [2.45, 2.75) is 33.2 Å². The highest BCUT2D eigenvalue weighted by Crippen LogP contribution is 2.19. The third-order valence-corrected chi connectivity index (χ3v) is 2.62. The lowest BCUT2D eigenvalue weighted by Crippen LogP contribution is -2.21. The van der Waals surface area contributed by atoms with Gasteiger partial charge in [0.05, 0.1) is 0 Å². The fraction of sp³-hybridized carbons (Fsp3) is 0.500. The molecule has 0 bridgehead atoms. The number of rotatable bonds is 5. The zero-order chi connectivity index (χ0) is 13.0. The molecule has 3 nitrogen and oxygen atoms in total. The van der Waals surface area contributed by atoms with Crippen LogP contribution in [0.4, 0.5) is 5.82 Å². The molecule has 1 rings (SSSR count). The molecule has 0 unspecified atom stereocenters. The van der Waals surface area contributed by atoms with Crippen LogP contribution in [0.1, 0.15) is 37.9 Å². The third kappa shape index (κ3) is 3.86. The number of hydrogen-bond donors (Lipinski definition) is 1. The van der Waals surface area contributed by atoms with Crippen LogP contribution >= 0.6 is 0 Å². The van der Waals surface area contributed by atoms with Gasteiger partial charge in [-0.25, -0.2) is 4.98 Å². The summed E-state index contributed by atoms with van der Waals surface area (Å²) in [6, 6.07) is 4.14. The summed E-state index contributed by atoms with van der Waals surface area (Å²) in [4.78, 5) is 6.77. The molecule has 0 atom stereocenters. The van der Waals surface area contributed by atoms with E-state index in [1.807, 2.05) is 14.0 Å². The van der Waals surface area contributed by atoms with E-state index in [0.717, 1.165) is 29.2 Å². The van der Waals surface area contributed by atoms with Crippen molar-refractivity contribution in [1.82, 2.24) is 4.98 Å². The number of pyridine rings is 1. The molecule has 17 heavy (non-hydrogen) atoms. The maximum Gasteiger partial charge on any atom is 0.129 e. The minimum atomic E-state index is 0.415. The van der Waals surface area contributed by atoms with Crippen LogP contribution in [0.15, 0.2) is 24.3 Å². The number of hydrogen-bond acceptors (Lipinski definition) is 3. The minimum Gasteiger partial charge on any atom is -0.356 e. The summed E-state index contributed by atoms with van der Waals surface area (Å²) < 4.78 is 0. The molecule has 0 radical (unpaired) electrons. The molecule has 3 heteroatoms. The summed E-state index contributed by atoms with van der Waals surface area (Å²) in [7, 11) is 2.03. The van der Waals surface area contributed by atoms with Crippen molar-refractivity contribution in [2.24, 2.45) is 5.73 Å². The monoisotopic (exact) mass is 233 g/mol. The summed E-state index contributed by atoms with van der Waals surface area (Å²) in [6.07, 6.45) is 0. The van der Waals surface area contributed by atoms with Gasteiger partial charge in [0.2, 0.25) is 0 Å². The Morgan fingerprint density at radius 1 is 1.47 bits per heavy atom. The molecule has 0 aliphatic rings. The average molecular weight is 233 g/mol. The van der Waals surface area contributed by atoms with Crippen molar-refractivity contribution in [1.29, 1.82) is 0 Å².